The minimum atomic E-state index is -0.546. The summed E-state index contributed by atoms with van der Waals surface area (Å²) < 4.78 is 1.80. The first-order valence-electron chi connectivity index (χ1n) is 9.59. The van der Waals surface area contributed by atoms with Crippen LogP contribution in [-0.2, 0) is 4.79 Å². The van der Waals surface area contributed by atoms with Crippen molar-refractivity contribution in [2.24, 2.45) is 0 Å². The topological polar surface area (TPSA) is 100 Å². The molecule has 0 spiro atoms. The van der Waals surface area contributed by atoms with Gasteiger partial charge in [-0.25, -0.2) is 14.8 Å². The van der Waals surface area contributed by atoms with Crippen LogP contribution in [0.3, 0.4) is 0 Å². The molecule has 8 heteroatoms. The molecule has 3 N–H and O–H groups in total. The number of imidazole rings is 1. The molecule has 1 saturated heterocycles. The van der Waals surface area contributed by atoms with Gasteiger partial charge in [-0.1, -0.05) is 31.0 Å². The van der Waals surface area contributed by atoms with Crippen LogP contribution in [0.4, 0.5) is 10.6 Å². The minimum absolute atomic E-state index is 0.159. The van der Waals surface area contributed by atoms with E-state index in [1.807, 2.05) is 30.3 Å². The summed E-state index contributed by atoms with van der Waals surface area (Å²) in [4.78, 5) is 32.4. The molecule has 3 heterocycles. The molecule has 1 aliphatic heterocycles. The number of benzene rings is 1. The van der Waals surface area contributed by atoms with E-state index in [2.05, 4.69) is 51.6 Å². The lowest BCUT2D eigenvalue weighted by Crippen LogP contribution is -2.22. The van der Waals surface area contributed by atoms with Crippen LogP contribution in [0.15, 0.2) is 48.4 Å². The monoisotopic (exact) mass is 400 g/mol. The standard InChI is InChI=1S/C22H20N6O2/c1-3-14(2)24-19-20-23-12-17(11-18-21(29)27-22(30)26-18)28(20)13-16(25-19)10-9-15-7-5-4-6-8-15/h4-8,11-14H,3H2,1-2H3,(H,24,25)(H2,26,27,29,30)/b18-11-. The number of urea groups is 1. The van der Waals surface area contributed by atoms with Crippen LogP contribution in [0.25, 0.3) is 11.7 Å². The molecule has 0 radical (unpaired) electrons. The normalized spacial score (nSPS) is 15.5. The van der Waals surface area contributed by atoms with Gasteiger partial charge in [-0.2, -0.15) is 0 Å². The predicted molar refractivity (Wildman–Crippen MR) is 113 cm³/mol. The van der Waals surface area contributed by atoms with Gasteiger partial charge in [0.25, 0.3) is 5.91 Å². The van der Waals surface area contributed by atoms with E-state index in [0.29, 0.717) is 22.9 Å². The van der Waals surface area contributed by atoms with E-state index < -0.39 is 11.9 Å². The number of imide groups is 1. The van der Waals surface area contributed by atoms with Crippen LogP contribution in [0.1, 0.15) is 37.2 Å². The van der Waals surface area contributed by atoms with E-state index in [9.17, 15) is 9.59 Å². The molecular formula is C22H20N6O2. The lowest BCUT2D eigenvalue weighted by molar-refractivity contribution is -0.115. The molecule has 4 rings (SSSR count). The zero-order valence-electron chi connectivity index (χ0n) is 16.6. The maximum absolute atomic E-state index is 11.9. The van der Waals surface area contributed by atoms with Gasteiger partial charge in [0.2, 0.25) is 0 Å². The fourth-order valence-electron chi connectivity index (χ4n) is 2.89. The number of nitrogens with zero attached hydrogens (tertiary/aromatic N) is 3. The van der Waals surface area contributed by atoms with Gasteiger partial charge in [0.15, 0.2) is 11.5 Å². The highest BCUT2D eigenvalue weighted by molar-refractivity contribution is 6.13. The van der Waals surface area contributed by atoms with Crippen molar-refractivity contribution in [2.75, 3.05) is 5.32 Å². The molecule has 2 aromatic heterocycles. The van der Waals surface area contributed by atoms with Gasteiger partial charge in [-0.3, -0.25) is 14.5 Å². The summed E-state index contributed by atoms with van der Waals surface area (Å²) in [5.74, 6) is 6.32. The Morgan fingerprint density at radius 2 is 2.00 bits per heavy atom. The molecule has 0 aliphatic carbocycles. The number of hydrogen-bond donors (Lipinski definition) is 3. The number of carbonyl (C=O) groups excluding carboxylic acids is 2. The second-order valence-electron chi connectivity index (χ2n) is 6.89. The van der Waals surface area contributed by atoms with Gasteiger partial charge >= 0.3 is 6.03 Å². The van der Waals surface area contributed by atoms with Crippen molar-refractivity contribution < 1.29 is 9.59 Å². The Morgan fingerprint density at radius 1 is 1.20 bits per heavy atom. The Hall–Kier alpha value is -4.12. The molecule has 0 bridgehead atoms. The van der Waals surface area contributed by atoms with E-state index in [1.54, 1.807) is 22.9 Å². The summed E-state index contributed by atoms with van der Waals surface area (Å²) in [6.07, 6.45) is 5.87. The van der Waals surface area contributed by atoms with E-state index in [1.165, 1.54) is 0 Å². The van der Waals surface area contributed by atoms with Crippen molar-refractivity contribution >= 4 is 29.5 Å². The van der Waals surface area contributed by atoms with Crippen LogP contribution < -0.4 is 16.0 Å². The summed E-state index contributed by atoms with van der Waals surface area (Å²) in [5.41, 5.74) is 2.82. The van der Waals surface area contributed by atoms with Gasteiger partial charge in [0.1, 0.15) is 11.4 Å². The second-order valence-corrected chi connectivity index (χ2v) is 6.89. The Kier molecular flexibility index (Phi) is 5.18. The number of hydrogen-bond acceptors (Lipinski definition) is 5. The first-order valence-corrected chi connectivity index (χ1v) is 9.59. The largest absolute Gasteiger partial charge is 0.364 e. The summed E-state index contributed by atoms with van der Waals surface area (Å²) >= 11 is 0. The highest BCUT2D eigenvalue weighted by Gasteiger charge is 2.23. The molecule has 1 fully saturated rings. The number of aromatic nitrogens is 3. The van der Waals surface area contributed by atoms with Gasteiger partial charge in [0, 0.05) is 17.8 Å². The van der Waals surface area contributed by atoms with Crippen molar-refractivity contribution in [1.82, 2.24) is 25.0 Å². The second kappa shape index (κ2) is 8.09. The first kappa shape index (κ1) is 19.2. The Morgan fingerprint density at radius 3 is 2.70 bits per heavy atom. The molecule has 1 aromatic carbocycles. The number of carbonyl (C=O) groups is 2. The molecule has 30 heavy (non-hydrogen) atoms. The minimum Gasteiger partial charge on any atom is -0.364 e. The van der Waals surface area contributed by atoms with Gasteiger partial charge in [-0.05, 0) is 37.5 Å². The fourth-order valence-corrected chi connectivity index (χ4v) is 2.89. The molecule has 3 aromatic rings. The molecular weight excluding hydrogens is 380 g/mol. The molecule has 150 valence electrons. The summed E-state index contributed by atoms with van der Waals surface area (Å²) in [6, 6.07) is 9.30. The quantitative estimate of drug-likeness (QED) is 0.355. The van der Waals surface area contributed by atoms with Gasteiger partial charge < -0.3 is 10.6 Å². The average Bonchev–Trinajstić information content (AvgIpc) is 3.29. The van der Waals surface area contributed by atoms with Crippen LogP contribution in [-0.4, -0.2) is 32.3 Å². The SMILES string of the molecule is CCC(C)Nc1nc(C#Cc2ccccc2)cn2c(/C=C3\NC(=O)NC3=O)cnc12. The number of anilines is 1. The van der Waals surface area contributed by atoms with Crippen LogP contribution in [0.5, 0.6) is 0 Å². The maximum atomic E-state index is 11.9. The predicted octanol–water partition coefficient (Wildman–Crippen LogP) is 2.52. The average molecular weight is 400 g/mol. The summed E-state index contributed by atoms with van der Waals surface area (Å²) in [7, 11) is 0. The van der Waals surface area contributed by atoms with Crippen LogP contribution in [0.2, 0.25) is 0 Å². The highest BCUT2D eigenvalue weighted by Crippen LogP contribution is 2.19. The third-order valence-corrected chi connectivity index (χ3v) is 4.64. The first-order chi connectivity index (χ1) is 14.5. The number of rotatable bonds is 4. The number of fused-ring (bicyclic) bond motifs is 1. The molecule has 1 unspecified atom stereocenters. The van der Waals surface area contributed by atoms with Crippen molar-refractivity contribution in [3.05, 3.63) is 65.4 Å². The van der Waals surface area contributed by atoms with Crippen molar-refractivity contribution in [1.29, 1.82) is 0 Å². The third-order valence-electron chi connectivity index (χ3n) is 4.64. The number of amides is 3. The Balaban J connectivity index is 1.81. The number of nitrogens with one attached hydrogen (secondary N) is 3. The highest BCUT2D eigenvalue weighted by atomic mass is 16.2. The van der Waals surface area contributed by atoms with E-state index in [-0.39, 0.29) is 11.7 Å². The lowest BCUT2D eigenvalue weighted by Gasteiger charge is -2.13. The van der Waals surface area contributed by atoms with Crippen molar-refractivity contribution in [3.63, 3.8) is 0 Å². The van der Waals surface area contributed by atoms with Crippen molar-refractivity contribution in [3.8, 4) is 11.8 Å². The summed E-state index contributed by atoms with van der Waals surface area (Å²) in [6.45, 7) is 4.14. The fraction of sp³-hybridized carbons (Fsp3) is 0.182. The Labute approximate surface area is 173 Å². The Bertz CT molecular complexity index is 1220. The van der Waals surface area contributed by atoms with E-state index >= 15 is 0 Å². The lowest BCUT2D eigenvalue weighted by atomic mass is 10.2. The maximum Gasteiger partial charge on any atom is 0.326 e. The van der Waals surface area contributed by atoms with Gasteiger partial charge in [-0.15, -0.1) is 0 Å². The molecule has 1 aliphatic rings. The zero-order chi connectivity index (χ0) is 21.1. The van der Waals surface area contributed by atoms with Crippen molar-refractivity contribution in [2.45, 2.75) is 26.3 Å². The van der Waals surface area contributed by atoms with Gasteiger partial charge in [0.05, 0.1) is 11.9 Å². The third kappa shape index (κ3) is 4.00. The molecule has 1 atom stereocenters. The van der Waals surface area contributed by atoms with E-state index in [4.69, 9.17) is 0 Å². The summed E-state index contributed by atoms with van der Waals surface area (Å²) in [5, 5.41) is 8.04. The smallest absolute Gasteiger partial charge is 0.326 e. The van der Waals surface area contributed by atoms with E-state index in [0.717, 1.165) is 12.0 Å². The molecule has 8 nitrogen and oxygen atoms in total. The zero-order valence-corrected chi connectivity index (χ0v) is 16.6. The molecule has 0 saturated carbocycles. The molecule has 3 amide bonds. The van der Waals surface area contributed by atoms with Crippen LogP contribution >= 0.6 is 0 Å². The van der Waals surface area contributed by atoms with Crippen LogP contribution in [0, 0.1) is 11.8 Å².